The molecule has 0 heterocycles. The second-order valence-corrected chi connectivity index (χ2v) is 7.53. The number of carbonyl (C=O) groups excluding carboxylic acids is 3. The van der Waals surface area contributed by atoms with Crippen molar-refractivity contribution in [1.82, 2.24) is 10.6 Å². The van der Waals surface area contributed by atoms with Gasteiger partial charge >= 0.3 is 6.09 Å². The largest absolute Gasteiger partial charge is 0.444 e. The average molecular weight is 371 g/mol. The predicted octanol–water partition coefficient (Wildman–Crippen LogP) is 0.663. The van der Waals surface area contributed by atoms with Crippen LogP contribution in [0.4, 0.5) is 4.79 Å². The highest BCUT2D eigenvalue weighted by Gasteiger charge is 2.25. The number of alkyl carbamates (subject to hydrolysis) is 1. The van der Waals surface area contributed by atoms with Crippen LogP contribution >= 0.6 is 0 Å². The summed E-state index contributed by atoms with van der Waals surface area (Å²) in [5, 5.41) is 5.20. The summed E-state index contributed by atoms with van der Waals surface area (Å²) >= 11 is 0. The lowest BCUT2D eigenvalue weighted by molar-refractivity contribution is -0.126. The van der Waals surface area contributed by atoms with Crippen LogP contribution in [0.3, 0.4) is 0 Å². The Bertz CT molecular complexity index is 496. The molecule has 0 fully saturated rings. The highest BCUT2D eigenvalue weighted by atomic mass is 16.6. The SMILES string of the molecule is CC(C)C[C@@H](C=O)NC(=O)[C@H](CCCN=C(N)N)NC(=O)OC(C)(C)C. The molecule has 2 atom stereocenters. The van der Waals surface area contributed by atoms with Gasteiger partial charge in [-0.3, -0.25) is 9.79 Å². The van der Waals surface area contributed by atoms with Gasteiger partial charge in [0.1, 0.15) is 17.9 Å². The average Bonchev–Trinajstić information content (AvgIpc) is 2.46. The maximum Gasteiger partial charge on any atom is 0.408 e. The molecule has 0 aromatic heterocycles. The standard InChI is InChI=1S/C17H33N5O4/c1-11(2)9-12(10-23)21-14(24)13(7-6-8-20-15(18)19)22-16(25)26-17(3,4)5/h10-13H,6-9H2,1-5H3,(H,21,24)(H,22,25)(H4,18,19,20)/t12-,13-/m0/s1. The number of nitrogens with two attached hydrogens (primary N) is 2. The summed E-state index contributed by atoms with van der Waals surface area (Å²) in [6.45, 7) is 9.41. The molecule has 150 valence electrons. The van der Waals surface area contributed by atoms with Crippen molar-refractivity contribution >= 4 is 24.2 Å². The van der Waals surface area contributed by atoms with Crippen LogP contribution in [0.25, 0.3) is 0 Å². The number of amides is 2. The van der Waals surface area contributed by atoms with Crippen LogP contribution < -0.4 is 22.1 Å². The molecule has 0 rings (SSSR count). The molecule has 2 amide bonds. The summed E-state index contributed by atoms with van der Waals surface area (Å²) < 4.78 is 5.19. The van der Waals surface area contributed by atoms with Crippen molar-refractivity contribution in [2.24, 2.45) is 22.4 Å². The van der Waals surface area contributed by atoms with E-state index in [1.807, 2.05) is 13.8 Å². The smallest absolute Gasteiger partial charge is 0.408 e. The highest BCUT2D eigenvalue weighted by Crippen LogP contribution is 2.09. The molecular weight excluding hydrogens is 338 g/mol. The number of nitrogens with zero attached hydrogens (tertiary/aromatic N) is 1. The van der Waals surface area contributed by atoms with Crippen LogP contribution in [0.15, 0.2) is 4.99 Å². The van der Waals surface area contributed by atoms with Crippen molar-refractivity contribution in [1.29, 1.82) is 0 Å². The highest BCUT2D eigenvalue weighted by molar-refractivity contribution is 5.87. The third-order valence-corrected chi connectivity index (χ3v) is 3.17. The van der Waals surface area contributed by atoms with E-state index < -0.39 is 29.7 Å². The van der Waals surface area contributed by atoms with Crippen LogP contribution in [0.5, 0.6) is 0 Å². The fourth-order valence-electron chi connectivity index (χ4n) is 2.16. The number of aldehydes is 1. The van der Waals surface area contributed by atoms with Crippen molar-refractivity contribution in [3.8, 4) is 0 Å². The fourth-order valence-corrected chi connectivity index (χ4v) is 2.16. The molecule has 0 unspecified atom stereocenters. The summed E-state index contributed by atoms with van der Waals surface area (Å²) in [7, 11) is 0. The van der Waals surface area contributed by atoms with Gasteiger partial charge in [0.15, 0.2) is 5.96 Å². The summed E-state index contributed by atoms with van der Waals surface area (Å²) in [5.74, 6) is -0.244. The zero-order valence-corrected chi connectivity index (χ0v) is 16.4. The zero-order chi connectivity index (χ0) is 20.3. The van der Waals surface area contributed by atoms with E-state index in [9.17, 15) is 14.4 Å². The van der Waals surface area contributed by atoms with Crippen LogP contribution in [-0.4, -0.2) is 48.5 Å². The van der Waals surface area contributed by atoms with Crippen molar-refractivity contribution in [2.45, 2.75) is 71.6 Å². The van der Waals surface area contributed by atoms with Crippen molar-refractivity contribution < 1.29 is 19.1 Å². The van der Waals surface area contributed by atoms with E-state index >= 15 is 0 Å². The lowest BCUT2D eigenvalue weighted by Gasteiger charge is -2.24. The maximum absolute atomic E-state index is 12.5. The van der Waals surface area contributed by atoms with Crippen LogP contribution in [0, 0.1) is 5.92 Å². The van der Waals surface area contributed by atoms with E-state index in [1.54, 1.807) is 20.8 Å². The number of hydrogen-bond acceptors (Lipinski definition) is 5. The second-order valence-electron chi connectivity index (χ2n) is 7.53. The molecule has 0 saturated heterocycles. The predicted molar refractivity (Wildman–Crippen MR) is 101 cm³/mol. The summed E-state index contributed by atoms with van der Waals surface area (Å²) in [6, 6.07) is -1.46. The Hall–Kier alpha value is -2.32. The minimum atomic E-state index is -0.853. The van der Waals surface area contributed by atoms with Gasteiger partial charge in [0.05, 0.1) is 6.04 Å². The lowest BCUT2D eigenvalue weighted by Crippen LogP contribution is -2.51. The summed E-state index contributed by atoms with van der Waals surface area (Å²) in [5.41, 5.74) is 9.85. The van der Waals surface area contributed by atoms with Crippen molar-refractivity contribution in [3.05, 3.63) is 0 Å². The third kappa shape index (κ3) is 12.1. The van der Waals surface area contributed by atoms with Gasteiger partial charge in [-0.05, 0) is 46.0 Å². The number of ether oxygens (including phenoxy) is 1. The molecule has 26 heavy (non-hydrogen) atoms. The zero-order valence-electron chi connectivity index (χ0n) is 16.4. The second kappa shape index (κ2) is 11.3. The molecule has 0 aliphatic rings. The molecule has 0 aromatic carbocycles. The number of hydrogen-bond donors (Lipinski definition) is 4. The van der Waals surface area contributed by atoms with Gasteiger partial charge in [-0.1, -0.05) is 13.8 Å². The monoisotopic (exact) mass is 371 g/mol. The molecule has 9 heteroatoms. The fraction of sp³-hybridized carbons (Fsp3) is 0.765. The summed E-state index contributed by atoms with van der Waals surface area (Å²) in [4.78, 5) is 39.5. The molecule has 0 aliphatic heterocycles. The first-order valence-electron chi connectivity index (χ1n) is 8.75. The summed E-state index contributed by atoms with van der Waals surface area (Å²) in [6.07, 6.45) is 1.28. The van der Waals surface area contributed by atoms with Gasteiger partial charge in [0.2, 0.25) is 5.91 Å². The normalized spacial score (nSPS) is 13.5. The minimum Gasteiger partial charge on any atom is -0.444 e. The van der Waals surface area contributed by atoms with E-state index in [1.165, 1.54) is 0 Å². The Balaban J connectivity index is 4.92. The van der Waals surface area contributed by atoms with Crippen LogP contribution in [-0.2, 0) is 14.3 Å². The van der Waals surface area contributed by atoms with Crippen LogP contribution in [0.2, 0.25) is 0 Å². The van der Waals surface area contributed by atoms with E-state index in [0.29, 0.717) is 32.1 Å². The molecule has 0 bridgehead atoms. The van der Waals surface area contributed by atoms with E-state index in [2.05, 4.69) is 15.6 Å². The number of carbonyl (C=O) groups is 3. The Labute approximate surface area is 155 Å². The maximum atomic E-state index is 12.5. The Kier molecular flexibility index (Phi) is 10.3. The Morgan fingerprint density at radius 1 is 1.19 bits per heavy atom. The van der Waals surface area contributed by atoms with E-state index in [-0.39, 0.29) is 11.9 Å². The first kappa shape index (κ1) is 23.7. The molecule has 0 aliphatic carbocycles. The first-order chi connectivity index (χ1) is 11.9. The molecule has 0 radical (unpaired) electrons. The van der Waals surface area contributed by atoms with Gasteiger partial charge in [0.25, 0.3) is 0 Å². The van der Waals surface area contributed by atoms with E-state index in [4.69, 9.17) is 16.2 Å². The molecule has 9 nitrogen and oxygen atoms in total. The Morgan fingerprint density at radius 3 is 2.27 bits per heavy atom. The van der Waals surface area contributed by atoms with Gasteiger partial charge in [-0.2, -0.15) is 0 Å². The van der Waals surface area contributed by atoms with Gasteiger partial charge in [-0.25, -0.2) is 4.79 Å². The first-order valence-corrected chi connectivity index (χ1v) is 8.75. The minimum absolute atomic E-state index is 0.0379. The number of aliphatic imine (C=N–C) groups is 1. The van der Waals surface area contributed by atoms with Gasteiger partial charge < -0.3 is 31.6 Å². The molecule has 0 saturated carbocycles. The van der Waals surface area contributed by atoms with Crippen molar-refractivity contribution in [3.63, 3.8) is 0 Å². The molecular formula is C17H33N5O4. The van der Waals surface area contributed by atoms with E-state index in [0.717, 1.165) is 0 Å². The molecule has 6 N–H and O–H groups in total. The quantitative estimate of drug-likeness (QED) is 0.192. The topological polar surface area (TPSA) is 149 Å². The third-order valence-electron chi connectivity index (χ3n) is 3.17. The van der Waals surface area contributed by atoms with Crippen molar-refractivity contribution in [2.75, 3.05) is 6.54 Å². The lowest BCUT2D eigenvalue weighted by atomic mass is 10.0. The van der Waals surface area contributed by atoms with Crippen LogP contribution in [0.1, 0.15) is 53.9 Å². The van der Waals surface area contributed by atoms with Gasteiger partial charge in [-0.15, -0.1) is 0 Å². The number of guanidine groups is 1. The molecule has 0 spiro atoms. The molecule has 0 aromatic rings. The Morgan fingerprint density at radius 2 is 1.81 bits per heavy atom. The number of rotatable bonds is 10. The van der Waals surface area contributed by atoms with Gasteiger partial charge in [0, 0.05) is 6.54 Å². The number of nitrogens with one attached hydrogen (secondary N) is 2.